The molecule has 3 rings (SSSR count). The van der Waals surface area contributed by atoms with E-state index in [4.69, 9.17) is 10.8 Å². The summed E-state index contributed by atoms with van der Waals surface area (Å²) >= 11 is 0. The van der Waals surface area contributed by atoms with Crippen LogP contribution in [-0.2, 0) is 43.2 Å². The molecule has 3 aromatic rings. The number of amides is 4. The maximum Gasteiger partial charge on any atom is 0.322 e. The Bertz CT molecular complexity index is 1350. The van der Waals surface area contributed by atoms with Crippen molar-refractivity contribution in [3.63, 3.8) is 0 Å². The number of benzene rings is 2. The van der Waals surface area contributed by atoms with Crippen molar-refractivity contribution in [2.24, 2.45) is 5.73 Å². The molecule has 3 unspecified atom stereocenters. The summed E-state index contributed by atoms with van der Waals surface area (Å²) in [6, 6.07) is 11.8. The van der Waals surface area contributed by atoms with Crippen molar-refractivity contribution in [1.82, 2.24) is 31.2 Å². The number of nitrogens with zero attached hydrogens (tertiary/aromatic N) is 1. The van der Waals surface area contributed by atoms with E-state index >= 15 is 0 Å². The molecule has 4 amide bonds. The Hall–Kier alpha value is -5.24. The molecule has 42 heavy (non-hydrogen) atoms. The first-order valence-electron chi connectivity index (χ1n) is 13.0. The van der Waals surface area contributed by atoms with Gasteiger partial charge in [0.15, 0.2) is 0 Å². The van der Waals surface area contributed by atoms with Crippen molar-refractivity contribution < 1.29 is 34.2 Å². The first-order chi connectivity index (χ1) is 20.1. The van der Waals surface area contributed by atoms with Crippen LogP contribution in [0.15, 0.2) is 67.1 Å². The molecule has 1 heterocycles. The number of imidazole rings is 1. The highest BCUT2D eigenvalue weighted by Gasteiger charge is 2.28. The van der Waals surface area contributed by atoms with Gasteiger partial charge < -0.3 is 42.2 Å². The van der Waals surface area contributed by atoms with Crippen molar-refractivity contribution in [3.8, 4) is 5.75 Å². The Morgan fingerprint density at radius 2 is 1.43 bits per heavy atom. The Labute approximate surface area is 241 Å². The number of carboxylic acid groups (broad SMARTS) is 1. The number of carboxylic acids is 1. The number of H-pyrrole nitrogens is 1. The second kappa shape index (κ2) is 15.5. The summed E-state index contributed by atoms with van der Waals surface area (Å²) in [6.07, 6.45) is 3.08. The molecule has 0 bridgehead atoms. The van der Waals surface area contributed by atoms with Crippen molar-refractivity contribution >= 4 is 29.6 Å². The molecule has 0 aliphatic carbocycles. The van der Waals surface area contributed by atoms with Gasteiger partial charge in [0.05, 0.1) is 18.9 Å². The van der Waals surface area contributed by atoms with Gasteiger partial charge in [0.25, 0.3) is 0 Å². The third-order valence-corrected chi connectivity index (χ3v) is 6.11. The van der Waals surface area contributed by atoms with Gasteiger partial charge in [-0.3, -0.25) is 24.0 Å². The Balaban J connectivity index is 1.65. The average molecular weight is 580 g/mol. The fourth-order valence-corrected chi connectivity index (χ4v) is 3.97. The summed E-state index contributed by atoms with van der Waals surface area (Å²) in [6.45, 7) is -1.11. The van der Waals surface area contributed by atoms with Gasteiger partial charge in [-0.2, -0.15) is 0 Å². The number of phenols is 1. The zero-order chi connectivity index (χ0) is 30.5. The van der Waals surface area contributed by atoms with Crippen LogP contribution in [0.2, 0.25) is 0 Å². The number of nitrogens with two attached hydrogens (primary N) is 1. The van der Waals surface area contributed by atoms with E-state index in [9.17, 15) is 29.1 Å². The van der Waals surface area contributed by atoms with Crippen molar-refractivity contribution in [3.05, 3.63) is 83.9 Å². The van der Waals surface area contributed by atoms with Crippen LogP contribution in [0.25, 0.3) is 0 Å². The van der Waals surface area contributed by atoms with E-state index in [1.54, 1.807) is 42.5 Å². The molecular formula is C28H33N7O7. The van der Waals surface area contributed by atoms with Crippen LogP contribution in [0.3, 0.4) is 0 Å². The van der Waals surface area contributed by atoms with Gasteiger partial charge in [0.1, 0.15) is 24.4 Å². The molecule has 9 N–H and O–H groups in total. The molecule has 0 aliphatic heterocycles. The lowest BCUT2D eigenvalue weighted by atomic mass is 10.0. The number of aromatic amines is 1. The van der Waals surface area contributed by atoms with Crippen LogP contribution in [0.5, 0.6) is 5.75 Å². The fourth-order valence-electron chi connectivity index (χ4n) is 3.97. The van der Waals surface area contributed by atoms with Gasteiger partial charge in [0.2, 0.25) is 23.6 Å². The summed E-state index contributed by atoms with van der Waals surface area (Å²) in [5, 5.41) is 28.2. The van der Waals surface area contributed by atoms with E-state index in [1.165, 1.54) is 24.7 Å². The second-order valence-corrected chi connectivity index (χ2v) is 9.46. The highest BCUT2D eigenvalue weighted by molar-refractivity contribution is 5.94. The van der Waals surface area contributed by atoms with E-state index in [1.807, 2.05) is 0 Å². The molecule has 0 fully saturated rings. The molecule has 0 aliphatic rings. The van der Waals surface area contributed by atoms with Gasteiger partial charge in [-0.15, -0.1) is 0 Å². The monoisotopic (exact) mass is 579 g/mol. The maximum atomic E-state index is 13.4. The molecule has 0 saturated carbocycles. The van der Waals surface area contributed by atoms with E-state index in [0.29, 0.717) is 5.69 Å². The third-order valence-electron chi connectivity index (χ3n) is 6.11. The number of aromatic hydroxyl groups is 1. The zero-order valence-electron chi connectivity index (χ0n) is 22.6. The number of hydrogen-bond donors (Lipinski definition) is 8. The van der Waals surface area contributed by atoms with Crippen LogP contribution in [0, 0.1) is 0 Å². The second-order valence-electron chi connectivity index (χ2n) is 9.46. The molecular weight excluding hydrogens is 546 g/mol. The van der Waals surface area contributed by atoms with Crippen molar-refractivity contribution in [1.29, 1.82) is 0 Å². The molecule has 0 radical (unpaired) electrons. The van der Waals surface area contributed by atoms with Crippen LogP contribution >= 0.6 is 0 Å². The van der Waals surface area contributed by atoms with Crippen LogP contribution in [0.4, 0.5) is 0 Å². The van der Waals surface area contributed by atoms with Crippen molar-refractivity contribution in [2.45, 2.75) is 37.4 Å². The molecule has 0 spiro atoms. The molecule has 14 heteroatoms. The Morgan fingerprint density at radius 1 is 0.786 bits per heavy atom. The van der Waals surface area contributed by atoms with Gasteiger partial charge in [-0.05, 0) is 29.7 Å². The number of carbonyl (C=O) groups excluding carboxylic acids is 4. The van der Waals surface area contributed by atoms with E-state index < -0.39 is 60.8 Å². The third kappa shape index (κ3) is 10.4. The molecule has 14 nitrogen and oxygen atoms in total. The van der Waals surface area contributed by atoms with E-state index in [2.05, 4.69) is 31.2 Å². The van der Waals surface area contributed by atoms with Crippen LogP contribution in [0.1, 0.15) is 16.8 Å². The number of hydrogen-bond acceptors (Lipinski definition) is 8. The highest BCUT2D eigenvalue weighted by Crippen LogP contribution is 2.11. The number of phenolic OH excluding ortho intramolecular Hbond substituents is 1. The molecule has 2 aromatic carbocycles. The lowest BCUT2D eigenvalue weighted by molar-refractivity contribution is -0.138. The lowest BCUT2D eigenvalue weighted by Gasteiger charge is -2.23. The number of carbonyl (C=O) groups is 5. The molecule has 3 atom stereocenters. The van der Waals surface area contributed by atoms with Crippen LogP contribution in [-0.4, -0.2) is 81.0 Å². The predicted octanol–water partition coefficient (Wildman–Crippen LogP) is -1.24. The topological polar surface area (TPSA) is 229 Å². The zero-order valence-corrected chi connectivity index (χ0v) is 22.6. The Morgan fingerprint density at radius 3 is 2.07 bits per heavy atom. The summed E-state index contributed by atoms with van der Waals surface area (Å²) < 4.78 is 0. The standard InChI is InChI=1S/C28H33N7O7/c29-21(10-18-6-8-20(36)9-7-18)26(40)31-14-24(37)34-22(11-17-4-2-1-3-5-17)28(42)35-23(12-19-13-30-16-33-19)27(41)32-15-25(38)39/h1-9,13,16,21-23,36H,10-12,14-15,29H2,(H,30,33)(H,31,40)(H,32,41)(H,34,37)(H,35,42)(H,38,39). The molecule has 1 aromatic heterocycles. The first kappa shape index (κ1) is 31.3. The number of aromatic nitrogens is 2. The average Bonchev–Trinajstić information content (AvgIpc) is 3.48. The van der Waals surface area contributed by atoms with Gasteiger partial charge >= 0.3 is 5.97 Å². The van der Waals surface area contributed by atoms with Gasteiger partial charge in [-0.25, -0.2) is 4.98 Å². The maximum absolute atomic E-state index is 13.4. The normalized spacial score (nSPS) is 12.8. The van der Waals surface area contributed by atoms with E-state index in [-0.39, 0.29) is 25.0 Å². The minimum Gasteiger partial charge on any atom is -0.508 e. The number of rotatable bonds is 15. The highest BCUT2D eigenvalue weighted by atomic mass is 16.4. The Kier molecular flexibility index (Phi) is 11.6. The first-order valence-corrected chi connectivity index (χ1v) is 13.0. The smallest absolute Gasteiger partial charge is 0.322 e. The fraction of sp³-hybridized carbons (Fsp3) is 0.286. The summed E-state index contributed by atoms with van der Waals surface area (Å²) in [5.41, 5.74) is 7.91. The minimum absolute atomic E-state index is 0.0157. The van der Waals surface area contributed by atoms with Crippen LogP contribution < -0.4 is 27.0 Å². The minimum atomic E-state index is -1.26. The molecule has 222 valence electrons. The van der Waals surface area contributed by atoms with E-state index in [0.717, 1.165) is 11.1 Å². The van der Waals surface area contributed by atoms with Crippen molar-refractivity contribution in [2.75, 3.05) is 13.1 Å². The largest absolute Gasteiger partial charge is 0.508 e. The molecule has 0 saturated heterocycles. The summed E-state index contributed by atoms with van der Waals surface area (Å²) in [4.78, 5) is 69.0. The lowest BCUT2D eigenvalue weighted by Crippen LogP contribution is -2.56. The number of nitrogens with one attached hydrogen (secondary N) is 5. The van der Waals surface area contributed by atoms with Gasteiger partial charge in [-0.1, -0.05) is 42.5 Å². The van der Waals surface area contributed by atoms with Gasteiger partial charge in [0, 0.05) is 24.7 Å². The number of aliphatic carboxylic acids is 1. The predicted molar refractivity (Wildman–Crippen MR) is 150 cm³/mol. The quantitative estimate of drug-likeness (QED) is 0.107. The SMILES string of the molecule is NC(Cc1ccc(O)cc1)C(=O)NCC(=O)NC(Cc1ccccc1)C(=O)NC(Cc1cnc[nH]1)C(=O)NCC(=O)O. The summed E-state index contributed by atoms with van der Waals surface area (Å²) in [5.74, 6) is -3.86. The summed E-state index contributed by atoms with van der Waals surface area (Å²) in [7, 11) is 0.